The van der Waals surface area contributed by atoms with Gasteiger partial charge in [0.1, 0.15) is 5.82 Å². The van der Waals surface area contributed by atoms with Crippen molar-refractivity contribution in [3.8, 4) is 0 Å². The molecule has 0 atom stereocenters. The van der Waals surface area contributed by atoms with Crippen molar-refractivity contribution in [3.63, 3.8) is 0 Å². The molecule has 1 aromatic heterocycles. The van der Waals surface area contributed by atoms with Crippen LogP contribution in [0.2, 0.25) is 0 Å². The van der Waals surface area contributed by atoms with Crippen LogP contribution in [0.3, 0.4) is 0 Å². The highest BCUT2D eigenvalue weighted by molar-refractivity contribution is 5.89. The number of anilines is 1. The molecule has 3 rings (SSSR count). The third-order valence-electron chi connectivity index (χ3n) is 3.86. The van der Waals surface area contributed by atoms with Crippen LogP contribution >= 0.6 is 0 Å². The maximum Gasteiger partial charge on any atom is 0.228 e. The average molecular weight is 247 g/mol. The number of pyridine rings is 1. The van der Waals surface area contributed by atoms with Crippen molar-refractivity contribution in [2.75, 3.05) is 31.2 Å². The Morgan fingerprint density at radius 3 is 2.56 bits per heavy atom. The van der Waals surface area contributed by atoms with Crippen molar-refractivity contribution in [3.05, 3.63) is 23.9 Å². The van der Waals surface area contributed by atoms with Crippen LogP contribution in [-0.2, 0) is 14.9 Å². The lowest BCUT2D eigenvalue weighted by atomic mass is 9.97. The molecule has 5 heteroatoms. The second-order valence-electron chi connectivity index (χ2n) is 4.95. The van der Waals surface area contributed by atoms with E-state index in [1.54, 1.807) is 6.20 Å². The molecule has 5 nitrogen and oxygen atoms in total. The molecular formula is C13H17N3O2. The lowest BCUT2D eigenvalue weighted by Crippen LogP contribution is -2.36. The molecule has 2 fully saturated rings. The Hall–Kier alpha value is -1.62. The monoisotopic (exact) mass is 247 g/mol. The van der Waals surface area contributed by atoms with E-state index >= 15 is 0 Å². The Kier molecular flexibility index (Phi) is 2.70. The Morgan fingerprint density at radius 2 is 2.06 bits per heavy atom. The molecular weight excluding hydrogens is 230 g/mol. The third-order valence-corrected chi connectivity index (χ3v) is 3.86. The minimum atomic E-state index is -0.434. The zero-order chi connectivity index (χ0) is 12.6. The Bertz CT molecular complexity index is 448. The standard InChI is InChI=1S/C13H17N3O2/c14-12(17)13(3-4-13)10-1-2-11(15-9-10)16-5-7-18-8-6-16/h1-2,9H,3-8H2,(H2,14,17). The van der Waals surface area contributed by atoms with Gasteiger partial charge in [0.05, 0.1) is 18.6 Å². The number of nitrogens with zero attached hydrogens (tertiary/aromatic N) is 2. The molecule has 0 radical (unpaired) electrons. The molecule has 0 bridgehead atoms. The number of rotatable bonds is 3. The van der Waals surface area contributed by atoms with E-state index in [9.17, 15) is 4.79 Å². The highest BCUT2D eigenvalue weighted by Gasteiger charge is 2.50. The Morgan fingerprint density at radius 1 is 1.33 bits per heavy atom. The number of hydrogen-bond donors (Lipinski definition) is 1. The number of primary amides is 1. The number of hydrogen-bond acceptors (Lipinski definition) is 4. The SMILES string of the molecule is NC(=O)C1(c2ccc(N3CCOCC3)nc2)CC1. The van der Waals surface area contributed by atoms with Gasteiger partial charge in [0.2, 0.25) is 5.91 Å². The minimum Gasteiger partial charge on any atom is -0.378 e. The van der Waals surface area contributed by atoms with Gasteiger partial charge in [-0.25, -0.2) is 4.98 Å². The van der Waals surface area contributed by atoms with Crippen LogP contribution in [0.4, 0.5) is 5.82 Å². The fourth-order valence-electron chi connectivity index (χ4n) is 2.45. The van der Waals surface area contributed by atoms with Gasteiger partial charge in [-0.05, 0) is 24.5 Å². The smallest absolute Gasteiger partial charge is 0.228 e. The molecule has 96 valence electrons. The minimum absolute atomic E-state index is 0.233. The van der Waals surface area contributed by atoms with Crippen LogP contribution < -0.4 is 10.6 Å². The third kappa shape index (κ3) is 1.84. The van der Waals surface area contributed by atoms with Gasteiger partial charge in [0, 0.05) is 19.3 Å². The number of carbonyl (C=O) groups is 1. The van der Waals surface area contributed by atoms with Crippen LogP contribution in [0.5, 0.6) is 0 Å². The van der Waals surface area contributed by atoms with Crippen molar-refractivity contribution >= 4 is 11.7 Å². The lowest BCUT2D eigenvalue weighted by Gasteiger charge is -2.28. The summed E-state index contributed by atoms with van der Waals surface area (Å²) in [4.78, 5) is 18.1. The normalized spacial score (nSPS) is 21.7. The Balaban J connectivity index is 1.79. The van der Waals surface area contributed by atoms with E-state index in [2.05, 4.69) is 9.88 Å². The molecule has 0 aromatic carbocycles. The zero-order valence-electron chi connectivity index (χ0n) is 10.3. The number of amides is 1. The average Bonchev–Trinajstić information content (AvgIpc) is 3.22. The Labute approximate surface area is 106 Å². The number of morpholine rings is 1. The predicted octanol–water partition coefficient (Wildman–Crippen LogP) is 0.435. The van der Waals surface area contributed by atoms with Crippen molar-refractivity contribution in [1.29, 1.82) is 0 Å². The summed E-state index contributed by atoms with van der Waals surface area (Å²) in [6.45, 7) is 3.23. The molecule has 1 saturated carbocycles. The molecule has 1 amide bonds. The number of nitrogens with two attached hydrogens (primary N) is 1. The van der Waals surface area contributed by atoms with E-state index in [0.717, 1.165) is 50.5 Å². The second-order valence-corrected chi connectivity index (χ2v) is 4.95. The first-order chi connectivity index (χ1) is 8.72. The second kappa shape index (κ2) is 4.24. The zero-order valence-corrected chi connectivity index (χ0v) is 10.3. The summed E-state index contributed by atoms with van der Waals surface area (Å²) in [6.07, 6.45) is 3.49. The summed E-state index contributed by atoms with van der Waals surface area (Å²) in [5.41, 5.74) is 5.97. The van der Waals surface area contributed by atoms with Crippen LogP contribution in [0, 0.1) is 0 Å². The van der Waals surface area contributed by atoms with Crippen LogP contribution in [0.15, 0.2) is 18.3 Å². The summed E-state index contributed by atoms with van der Waals surface area (Å²) in [7, 11) is 0. The van der Waals surface area contributed by atoms with Crippen LogP contribution in [-0.4, -0.2) is 37.2 Å². The van der Waals surface area contributed by atoms with Crippen molar-refractivity contribution in [2.45, 2.75) is 18.3 Å². The lowest BCUT2D eigenvalue weighted by molar-refractivity contribution is -0.120. The van der Waals surface area contributed by atoms with Crippen LogP contribution in [0.1, 0.15) is 18.4 Å². The van der Waals surface area contributed by atoms with E-state index in [0.29, 0.717) is 0 Å². The summed E-state index contributed by atoms with van der Waals surface area (Å²) >= 11 is 0. The van der Waals surface area contributed by atoms with Gasteiger partial charge in [-0.2, -0.15) is 0 Å². The first-order valence-corrected chi connectivity index (χ1v) is 6.31. The first-order valence-electron chi connectivity index (χ1n) is 6.31. The fraction of sp³-hybridized carbons (Fsp3) is 0.538. The van der Waals surface area contributed by atoms with Gasteiger partial charge in [-0.3, -0.25) is 4.79 Å². The predicted molar refractivity (Wildman–Crippen MR) is 67.4 cm³/mol. The molecule has 1 aliphatic carbocycles. The summed E-state index contributed by atoms with van der Waals surface area (Å²) < 4.78 is 5.31. The largest absolute Gasteiger partial charge is 0.378 e. The molecule has 1 saturated heterocycles. The van der Waals surface area contributed by atoms with Crippen molar-refractivity contribution in [2.24, 2.45) is 5.73 Å². The molecule has 2 N–H and O–H groups in total. The summed E-state index contributed by atoms with van der Waals surface area (Å²) in [6, 6.07) is 3.96. The van der Waals surface area contributed by atoms with Crippen molar-refractivity contribution < 1.29 is 9.53 Å². The van der Waals surface area contributed by atoms with E-state index < -0.39 is 5.41 Å². The van der Waals surface area contributed by atoms with Gasteiger partial charge in [-0.1, -0.05) is 6.07 Å². The van der Waals surface area contributed by atoms with Gasteiger partial charge in [0.25, 0.3) is 0 Å². The van der Waals surface area contributed by atoms with Gasteiger partial charge in [-0.15, -0.1) is 0 Å². The van der Waals surface area contributed by atoms with E-state index in [1.165, 1.54) is 0 Å². The highest BCUT2D eigenvalue weighted by Crippen LogP contribution is 2.47. The molecule has 0 spiro atoms. The van der Waals surface area contributed by atoms with E-state index in [4.69, 9.17) is 10.5 Å². The first kappa shape index (κ1) is 11.5. The quantitative estimate of drug-likeness (QED) is 0.841. The summed E-state index contributed by atoms with van der Waals surface area (Å²) in [5, 5.41) is 0. The van der Waals surface area contributed by atoms with Gasteiger partial charge < -0.3 is 15.4 Å². The van der Waals surface area contributed by atoms with Gasteiger partial charge in [0.15, 0.2) is 0 Å². The maximum atomic E-state index is 11.4. The topological polar surface area (TPSA) is 68.5 Å². The van der Waals surface area contributed by atoms with Crippen LogP contribution in [0.25, 0.3) is 0 Å². The van der Waals surface area contributed by atoms with E-state index in [1.807, 2.05) is 12.1 Å². The molecule has 1 aliphatic heterocycles. The molecule has 0 unspecified atom stereocenters. The molecule has 18 heavy (non-hydrogen) atoms. The fourth-order valence-corrected chi connectivity index (χ4v) is 2.45. The van der Waals surface area contributed by atoms with Gasteiger partial charge >= 0.3 is 0 Å². The van der Waals surface area contributed by atoms with Crippen molar-refractivity contribution in [1.82, 2.24) is 4.98 Å². The number of carbonyl (C=O) groups excluding carboxylic acids is 1. The van der Waals surface area contributed by atoms with E-state index in [-0.39, 0.29) is 5.91 Å². The number of aromatic nitrogens is 1. The number of ether oxygens (including phenoxy) is 1. The highest BCUT2D eigenvalue weighted by atomic mass is 16.5. The maximum absolute atomic E-state index is 11.4. The summed E-state index contributed by atoms with van der Waals surface area (Å²) in [5.74, 6) is 0.714. The molecule has 2 aliphatic rings. The molecule has 2 heterocycles. The molecule has 1 aromatic rings.